The summed E-state index contributed by atoms with van der Waals surface area (Å²) in [5, 5.41) is 9.09. The van der Waals surface area contributed by atoms with Crippen molar-refractivity contribution >= 4 is 5.97 Å². The maximum atomic E-state index is 11.0. The lowest BCUT2D eigenvalue weighted by Crippen LogP contribution is -2.61. The maximum Gasteiger partial charge on any atom is 0.306 e. The predicted octanol–water partition coefficient (Wildman–Crippen LogP) is 1.74. The lowest BCUT2D eigenvalue weighted by Gasteiger charge is -2.56. The van der Waals surface area contributed by atoms with Gasteiger partial charge < -0.3 is 9.84 Å². The van der Waals surface area contributed by atoms with Crippen molar-refractivity contribution < 1.29 is 14.6 Å². The molecule has 3 aliphatic heterocycles. The van der Waals surface area contributed by atoms with Crippen molar-refractivity contribution in [2.24, 2.45) is 17.8 Å². The molecule has 106 valence electrons. The van der Waals surface area contributed by atoms with Gasteiger partial charge in [-0.2, -0.15) is 0 Å². The van der Waals surface area contributed by atoms with Gasteiger partial charge >= 0.3 is 5.97 Å². The molecule has 4 atom stereocenters. The number of hydrogen-bond acceptors (Lipinski definition) is 3. The summed E-state index contributed by atoms with van der Waals surface area (Å²) in [6.07, 6.45) is 6.79. The Balaban J connectivity index is 1.44. The summed E-state index contributed by atoms with van der Waals surface area (Å²) in [6.45, 7) is 2.93. The SMILES string of the molecule is O=C(O)C1CCN(C2CCCC34CC(CO3)C24)CC1. The average Bonchev–Trinajstić information content (AvgIpc) is 2.97. The highest BCUT2D eigenvalue weighted by molar-refractivity contribution is 5.70. The van der Waals surface area contributed by atoms with Gasteiger partial charge in [-0.25, -0.2) is 0 Å². The molecule has 2 bridgehead atoms. The molecule has 19 heavy (non-hydrogen) atoms. The van der Waals surface area contributed by atoms with Gasteiger partial charge in [0, 0.05) is 12.0 Å². The van der Waals surface area contributed by atoms with E-state index in [2.05, 4.69) is 4.90 Å². The van der Waals surface area contributed by atoms with E-state index in [4.69, 9.17) is 9.84 Å². The number of nitrogens with zero attached hydrogens (tertiary/aromatic N) is 1. The Kier molecular flexibility index (Phi) is 2.68. The first-order valence-corrected chi connectivity index (χ1v) is 7.80. The molecule has 5 rings (SSSR count). The third-order valence-corrected chi connectivity index (χ3v) is 6.17. The van der Waals surface area contributed by atoms with Gasteiger partial charge in [-0.15, -0.1) is 0 Å². The molecule has 5 fully saturated rings. The average molecular weight is 265 g/mol. The van der Waals surface area contributed by atoms with Crippen LogP contribution >= 0.6 is 0 Å². The van der Waals surface area contributed by atoms with Crippen molar-refractivity contribution in [1.82, 2.24) is 4.90 Å². The van der Waals surface area contributed by atoms with E-state index >= 15 is 0 Å². The third kappa shape index (κ3) is 1.69. The van der Waals surface area contributed by atoms with Gasteiger partial charge in [-0.3, -0.25) is 9.69 Å². The van der Waals surface area contributed by atoms with Crippen LogP contribution in [0.15, 0.2) is 0 Å². The van der Waals surface area contributed by atoms with Crippen LogP contribution in [0.5, 0.6) is 0 Å². The molecule has 4 nitrogen and oxygen atoms in total. The van der Waals surface area contributed by atoms with Crippen LogP contribution in [0.3, 0.4) is 0 Å². The molecule has 2 aliphatic carbocycles. The van der Waals surface area contributed by atoms with Crippen LogP contribution in [0.4, 0.5) is 0 Å². The number of piperidine rings is 1. The second kappa shape index (κ2) is 4.19. The molecule has 0 amide bonds. The fraction of sp³-hybridized carbons (Fsp3) is 0.933. The first-order chi connectivity index (χ1) is 9.20. The summed E-state index contributed by atoms with van der Waals surface area (Å²) in [4.78, 5) is 13.6. The second-order valence-corrected chi connectivity index (χ2v) is 6.97. The van der Waals surface area contributed by atoms with E-state index in [0.29, 0.717) is 6.04 Å². The minimum absolute atomic E-state index is 0.108. The Labute approximate surface area is 114 Å². The van der Waals surface area contributed by atoms with E-state index < -0.39 is 5.97 Å². The molecule has 0 radical (unpaired) electrons. The van der Waals surface area contributed by atoms with Crippen molar-refractivity contribution in [2.45, 2.75) is 50.2 Å². The summed E-state index contributed by atoms with van der Waals surface area (Å²) in [5.41, 5.74) is 0.233. The van der Waals surface area contributed by atoms with E-state index in [1.165, 1.54) is 25.7 Å². The van der Waals surface area contributed by atoms with E-state index in [1.54, 1.807) is 0 Å². The van der Waals surface area contributed by atoms with Gasteiger partial charge in [-0.1, -0.05) is 0 Å². The van der Waals surface area contributed by atoms with Gasteiger partial charge in [-0.05, 0) is 57.5 Å². The number of rotatable bonds is 2. The van der Waals surface area contributed by atoms with Crippen LogP contribution in [0.1, 0.15) is 38.5 Å². The van der Waals surface area contributed by atoms with Gasteiger partial charge in [0.05, 0.1) is 18.1 Å². The lowest BCUT2D eigenvalue weighted by atomic mass is 9.55. The Bertz CT molecular complexity index is 387. The number of hydrogen-bond donors (Lipinski definition) is 1. The van der Waals surface area contributed by atoms with E-state index in [0.717, 1.165) is 44.4 Å². The van der Waals surface area contributed by atoms with Gasteiger partial charge in [0.25, 0.3) is 0 Å². The van der Waals surface area contributed by atoms with Gasteiger partial charge in [0.1, 0.15) is 0 Å². The number of fused-ring (bicyclic) bond motifs is 1. The lowest BCUT2D eigenvalue weighted by molar-refractivity contribution is -0.146. The number of aliphatic carboxylic acids is 1. The van der Waals surface area contributed by atoms with Crippen LogP contribution in [-0.4, -0.2) is 47.3 Å². The maximum absolute atomic E-state index is 11.0. The molecule has 3 heterocycles. The normalized spacial score (nSPS) is 46.6. The number of carboxylic acid groups (broad SMARTS) is 1. The molecule has 4 heteroatoms. The monoisotopic (exact) mass is 265 g/mol. The van der Waals surface area contributed by atoms with Gasteiger partial charge in [0.15, 0.2) is 0 Å². The summed E-state index contributed by atoms with van der Waals surface area (Å²) in [5.74, 6) is 0.833. The molecule has 4 unspecified atom stereocenters. The molecule has 2 saturated carbocycles. The first-order valence-electron chi connectivity index (χ1n) is 7.80. The van der Waals surface area contributed by atoms with Crippen LogP contribution in [-0.2, 0) is 9.53 Å². The fourth-order valence-corrected chi connectivity index (χ4v) is 5.25. The highest BCUT2D eigenvalue weighted by atomic mass is 16.5. The van der Waals surface area contributed by atoms with Crippen LogP contribution in [0.2, 0.25) is 0 Å². The Morgan fingerprint density at radius 2 is 2.05 bits per heavy atom. The highest BCUT2D eigenvalue weighted by Gasteiger charge is 2.64. The van der Waals surface area contributed by atoms with Crippen molar-refractivity contribution in [3.63, 3.8) is 0 Å². The summed E-state index contributed by atoms with van der Waals surface area (Å²) in [6, 6.07) is 0.671. The number of likely N-dealkylation sites (tertiary alicyclic amines) is 1. The number of ether oxygens (including phenoxy) is 1. The van der Waals surface area contributed by atoms with E-state index in [-0.39, 0.29) is 11.5 Å². The molecule has 5 aliphatic rings. The third-order valence-electron chi connectivity index (χ3n) is 6.17. The van der Waals surface area contributed by atoms with Crippen molar-refractivity contribution in [1.29, 1.82) is 0 Å². The zero-order valence-electron chi connectivity index (χ0n) is 11.4. The van der Waals surface area contributed by atoms with Gasteiger partial charge in [0.2, 0.25) is 0 Å². The van der Waals surface area contributed by atoms with E-state index in [9.17, 15) is 4.79 Å². The van der Waals surface area contributed by atoms with Crippen LogP contribution < -0.4 is 0 Å². The molecule has 0 aromatic carbocycles. The van der Waals surface area contributed by atoms with Crippen molar-refractivity contribution in [2.75, 3.05) is 19.7 Å². The summed E-state index contributed by atoms with van der Waals surface area (Å²) < 4.78 is 6.08. The molecular weight excluding hydrogens is 242 g/mol. The van der Waals surface area contributed by atoms with Crippen molar-refractivity contribution in [3.05, 3.63) is 0 Å². The standard InChI is InChI=1S/C15H23NO3/c17-14(18)10-3-6-16(7-4-10)12-2-1-5-15-8-11(9-19-15)13(12)15/h10-13H,1-9H2,(H,17,18). The zero-order chi connectivity index (χ0) is 13.0. The largest absolute Gasteiger partial charge is 0.481 e. The minimum Gasteiger partial charge on any atom is -0.481 e. The smallest absolute Gasteiger partial charge is 0.306 e. The second-order valence-electron chi connectivity index (χ2n) is 6.97. The Hall–Kier alpha value is -0.610. The minimum atomic E-state index is -0.605. The summed E-state index contributed by atoms with van der Waals surface area (Å²) in [7, 11) is 0. The highest BCUT2D eigenvalue weighted by Crippen LogP contribution is 2.61. The van der Waals surface area contributed by atoms with E-state index in [1.807, 2.05) is 0 Å². The topological polar surface area (TPSA) is 49.8 Å². The zero-order valence-corrected chi connectivity index (χ0v) is 11.4. The molecule has 1 spiro atoms. The molecule has 0 aromatic rings. The van der Waals surface area contributed by atoms with Crippen molar-refractivity contribution in [3.8, 4) is 0 Å². The summed E-state index contributed by atoms with van der Waals surface area (Å²) >= 11 is 0. The quantitative estimate of drug-likeness (QED) is 0.826. The first kappa shape index (κ1) is 12.2. The van der Waals surface area contributed by atoms with Crippen LogP contribution in [0, 0.1) is 17.8 Å². The molecule has 3 saturated heterocycles. The molecule has 1 N–H and O–H groups in total. The Morgan fingerprint density at radius 3 is 2.74 bits per heavy atom. The Morgan fingerprint density at radius 1 is 1.26 bits per heavy atom. The number of carboxylic acids is 1. The molecular formula is C15H23NO3. The van der Waals surface area contributed by atoms with Crippen LogP contribution in [0.25, 0.3) is 0 Å². The fourth-order valence-electron chi connectivity index (χ4n) is 5.25. The number of carbonyl (C=O) groups is 1. The molecule has 0 aromatic heterocycles. The predicted molar refractivity (Wildman–Crippen MR) is 69.9 cm³/mol.